The van der Waals surface area contributed by atoms with E-state index in [2.05, 4.69) is 20.1 Å². The van der Waals surface area contributed by atoms with Crippen molar-refractivity contribution in [3.63, 3.8) is 0 Å². The maximum atomic E-state index is 12.6. The number of ether oxygens (including phenoxy) is 1. The van der Waals surface area contributed by atoms with Crippen LogP contribution in [-0.2, 0) is 17.9 Å². The molecule has 0 atom stereocenters. The van der Waals surface area contributed by atoms with E-state index in [9.17, 15) is 9.59 Å². The summed E-state index contributed by atoms with van der Waals surface area (Å²) in [6.07, 6.45) is 3.99. The van der Waals surface area contributed by atoms with Gasteiger partial charge in [0.2, 0.25) is 5.95 Å². The van der Waals surface area contributed by atoms with Crippen LogP contribution >= 0.6 is 0 Å². The summed E-state index contributed by atoms with van der Waals surface area (Å²) in [6.45, 7) is 0.997. The first kappa shape index (κ1) is 17.6. The van der Waals surface area contributed by atoms with E-state index in [-0.39, 0.29) is 22.7 Å². The molecule has 0 saturated heterocycles. The molecule has 2 N–H and O–H groups in total. The van der Waals surface area contributed by atoms with Gasteiger partial charge in [-0.2, -0.15) is 10.1 Å². The third-order valence-electron chi connectivity index (χ3n) is 4.20. The zero-order chi connectivity index (χ0) is 19.7. The van der Waals surface area contributed by atoms with Gasteiger partial charge in [-0.25, -0.2) is 14.5 Å². The standard InChI is InChI=1S/C18H16N6O4/c1-28-9-12-4-2-11(3-5-12)7-23-10-19-15-14(23)16(25)22-18(21-15)24-8-13(6-20-24)17(26)27/h2-6,8,10H,7,9H2,1H3,(H,26,27)(H,21,22,25). The molecule has 0 aliphatic carbocycles. The number of nitrogens with zero attached hydrogens (tertiary/aromatic N) is 5. The van der Waals surface area contributed by atoms with Gasteiger partial charge >= 0.3 is 5.97 Å². The Labute approximate surface area is 158 Å². The maximum absolute atomic E-state index is 12.6. The molecule has 10 nitrogen and oxygen atoms in total. The van der Waals surface area contributed by atoms with E-state index < -0.39 is 5.97 Å². The molecular weight excluding hydrogens is 364 g/mol. The number of hydrogen-bond donors (Lipinski definition) is 2. The Kier molecular flexibility index (Phi) is 4.45. The Balaban J connectivity index is 1.66. The van der Waals surface area contributed by atoms with Gasteiger partial charge in [0.15, 0.2) is 11.2 Å². The second kappa shape index (κ2) is 7.08. The van der Waals surface area contributed by atoms with E-state index in [1.54, 1.807) is 18.0 Å². The number of rotatable bonds is 6. The highest BCUT2D eigenvalue weighted by atomic mass is 16.5. The van der Waals surface area contributed by atoms with Crippen LogP contribution in [0.3, 0.4) is 0 Å². The monoisotopic (exact) mass is 380 g/mol. The number of fused-ring (bicyclic) bond motifs is 1. The number of benzene rings is 1. The highest BCUT2D eigenvalue weighted by Crippen LogP contribution is 2.12. The van der Waals surface area contributed by atoms with Gasteiger partial charge in [-0.05, 0) is 11.1 Å². The van der Waals surface area contributed by atoms with Gasteiger partial charge in [0, 0.05) is 19.9 Å². The smallest absolute Gasteiger partial charge is 0.338 e. The highest BCUT2D eigenvalue weighted by molar-refractivity contribution is 5.86. The summed E-state index contributed by atoms with van der Waals surface area (Å²) < 4.78 is 8.00. The SMILES string of the molecule is COCc1ccc(Cn2cnc3nc(-n4cc(C(=O)O)cn4)[nH]c(=O)c32)cc1. The molecule has 0 radical (unpaired) electrons. The first-order valence-corrected chi connectivity index (χ1v) is 8.35. The van der Waals surface area contributed by atoms with Crippen molar-refractivity contribution in [1.29, 1.82) is 0 Å². The number of H-pyrrole nitrogens is 1. The largest absolute Gasteiger partial charge is 0.478 e. The summed E-state index contributed by atoms with van der Waals surface area (Å²) >= 11 is 0. The fourth-order valence-corrected chi connectivity index (χ4v) is 2.86. The number of carbonyl (C=O) groups is 1. The molecule has 0 aliphatic heterocycles. The van der Waals surface area contributed by atoms with Crippen molar-refractivity contribution in [3.05, 3.63) is 70.0 Å². The molecule has 0 aliphatic rings. The Hall–Kier alpha value is -3.79. The van der Waals surface area contributed by atoms with E-state index in [1.165, 1.54) is 17.1 Å². The molecule has 3 aromatic heterocycles. The van der Waals surface area contributed by atoms with Crippen LogP contribution in [0.25, 0.3) is 17.1 Å². The van der Waals surface area contributed by atoms with Crippen LogP contribution in [0.1, 0.15) is 21.5 Å². The molecule has 1 aromatic carbocycles. The predicted octanol–water partition coefficient (Wildman–Crippen LogP) is 1.20. The summed E-state index contributed by atoms with van der Waals surface area (Å²) in [5, 5.41) is 12.9. The summed E-state index contributed by atoms with van der Waals surface area (Å²) in [6, 6.07) is 7.87. The zero-order valence-corrected chi connectivity index (χ0v) is 14.9. The normalized spacial score (nSPS) is 11.2. The van der Waals surface area contributed by atoms with Crippen LogP contribution in [-0.4, -0.2) is 47.5 Å². The van der Waals surface area contributed by atoms with Crippen molar-refractivity contribution in [2.75, 3.05) is 7.11 Å². The Morgan fingerprint density at radius 3 is 2.68 bits per heavy atom. The Morgan fingerprint density at radius 1 is 1.25 bits per heavy atom. The van der Waals surface area contributed by atoms with E-state index in [0.29, 0.717) is 18.7 Å². The van der Waals surface area contributed by atoms with Crippen molar-refractivity contribution >= 4 is 17.1 Å². The topological polar surface area (TPSA) is 128 Å². The van der Waals surface area contributed by atoms with Crippen LogP contribution in [0.15, 0.2) is 47.8 Å². The number of nitrogens with one attached hydrogen (secondary N) is 1. The van der Waals surface area contributed by atoms with E-state index in [4.69, 9.17) is 9.84 Å². The van der Waals surface area contributed by atoms with Gasteiger partial charge in [-0.15, -0.1) is 0 Å². The molecule has 4 aromatic rings. The fraction of sp³-hybridized carbons (Fsp3) is 0.167. The van der Waals surface area contributed by atoms with Crippen LogP contribution in [0.4, 0.5) is 0 Å². The minimum absolute atomic E-state index is 0.00908. The minimum atomic E-state index is -1.12. The predicted molar refractivity (Wildman–Crippen MR) is 98.5 cm³/mol. The maximum Gasteiger partial charge on any atom is 0.338 e. The number of imidazole rings is 1. The number of aromatic nitrogens is 6. The van der Waals surface area contributed by atoms with Crippen LogP contribution < -0.4 is 5.56 Å². The Morgan fingerprint density at radius 2 is 2.00 bits per heavy atom. The van der Waals surface area contributed by atoms with Gasteiger partial charge in [-0.1, -0.05) is 24.3 Å². The van der Waals surface area contributed by atoms with Gasteiger partial charge in [0.1, 0.15) is 0 Å². The number of aromatic carboxylic acids is 1. The molecule has 0 fully saturated rings. The van der Waals surface area contributed by atoms with Gasteiger partial charge in [0.05, 0.1) is 24.7 Å². The highest BCUT2D eigenvalue weighted by Gasteiger charge is 2.14. The molecule has 28 heavy (non-hydrogen) atoms. The molecule has 10 heteroatoms. The lowest BCUT2D eigenvalue weighted by Gasteiger charge is -2.06. The van der Waals surface area contributed by atoms with Crippen molar-refractivity contribution in [2.45, 2.75) is 13.2 Å². The van der Waals surface area contributed by atoms with Gasteiger partial charge in [0.25, 0.3) is 5.56 Å². The number of aromatic amines is 1. The molecule has 0 saturated carbocycles. The molecule has 142 valence electrons. The summed E-state index contributed by atoms with van der Waals surface area (Å²) in [5.41, 5.74) is 2.25. The third kappa shape index (κ3) is 3.28. The second-order valence-electron chi connectivity index (χ2n) is 6.16. The summed E-state index contributed by atoms with van der Waals surface area (Å²) in [7, 11) is 1.64. The molecule has 0 amide bonds. The fourth-order valence-electron chi connectivity index (χ4n) is 2.86. The number of carboxylic acid groups (broad SMARTS) is 1. The minimum Gasteiger partial charge on any atom is -0.478 e. The molecule has 0 unspecified atom stereocenters. The van der Waals surface area contributed by atoms with E-state index in [1.807, 2.05) is 24.3 Å². The second-order valence-corrected chi connectivity index (χ2v) is 6.16. The lowest BCUT2D eigenvalue weighted by molar-refractivity contribution is 0.0697. The molecule has 3 heterocycles. The molecule has 0 spiro atoms. The van der Waals surface area contributed by atoms with Crippen molar-refractivity contribution in [1.82, 2.24) is 29.3 Å². The molecule has 0 bridgehead atoms. The van der Waals surface area contributed by atoms with Crippen molar-refractivity contribution in [3.8, 4) is 5.95 Å². The first-order chi connectivity index (χ1) is 13.5. The number of hydrogen-bond acceptors (Lipinski definition) is 6. The molecule has 4 rings (SSSR count). The average Bonchev–Trinajstić information content (AvgIpc) is 3.31. The molecular formula is C18H16N6O4. The zero-order valence-electron chi connectivity index (χ0n) is 14.9. The van der Waals surface area contributed by atoms with Gasteiger partial charge in [-0.3, -0.25) is 9.78 Å². The first-order valence-electron chi connectivity index (χ1n) is 8.35. The lowest BCUT2D eigenvalue weighted by Crippen LogP contribution is -2.16. The Bertz CT molecular complexity index is 1210. The van der Waals surface area contributed by atoms with E-state index >= 15 is 0 Å². The average molecular weight is 380 g/mol. The van der Waals surface area contributed by atoms with Crippen LogP contribution in [0.5, 0.6) is 0 Å². The van der Waals surface area contributed by atoms with Crippen molar-refractivity contribution < 1.29 is 14.6 Å². The number of carboxylic acids is 1. The lowest BCUT2D eigenvalue weighted by atomic mass is 10.1. The summed E-state index contributed by atoms with van der Waals surface area (Å²) in [5.74, 6) is -1.02. The summed E-state index contributed by atoms with van der Waals surface area (Å²) in [4.78, 5) is 34.7. The van der Waals surface area contributed by atoms with Gasteiger partial charge < -0.3 is 14.4 Å². The quantitative estimate of drug-likeness (QED) is 0.514. The van der Waals surface area contributed by atoms with Crippen LogP contribution in [0, 0.1) is 0 Å². The van der Waals surface area contributed by atoms with E-state index in [0.717, 1.165) is 11.1 Å². The third-order valence-corrected chi connectivity index (χ3v) is 4.20. The number of methoxy groups -OCH3 is 1. The van der Waals surface area contributed by atoms with Crippen LogP contribution in [0.2, 0.25) is 0 Å². The van der Waals surface area contributed by atoms with Crippen molar-refractivity contribution in [2.24, 2.45) is 0 Å².